The number of hydrogen-bond acceptors (Lipinski definition) is 2. The first-order valence-corrected chi connectivity index (χ1v) is 5.08. The summed E-state index contributed by atoms with van der Waals surface area (Å²) < 4.78 is 5.29. The zero-order chi connectivity index (χ0) is 10.3. The maximum absolute atomic E-state index is 11.0. The third-order valence-electron chi connectivity index (χ3n) is 2.43. The number of rotatable bonds is 7. The van der Waals surface area contributed by atoms with E-state index >= 15 is 0 Å². The van der Waals surface area contributed by atoms with E-state index in [4.69, 9.17) is 4.74 Å². The Hall–Kier alpha value is -0.370. The summed E-state index contributed by atoms with van der Waals surface area (Å²) in [4.78, 5) is 11.0. The van der Waals surface area contributed by atoms with Gasteiger partial charge in [-0.25, -0.2) is 0 Å². The van der Waals surface area contributed by atoms with Gasteiger partial charge in [0.05, 0.1) is 5.60 Å². The van der Waals surface area contributed by atoms with Crippen LogP contribution < -0.4 is 0 Å². The molecule has 0 aromatic carbocycles. The van der Waals surface area contributed by atoms with E-state index in [-0.39, 0.29) is 5.60 Å². The minimum atomic E-state index is -0.0325. The fourth-order valence-corrected chi connectivity index (χ4v) is 1.15. The smallest absolute Gasteiger partial charge is 0.132 e. The first-order valence-electron chi connectivity index (χ1n) is 5.08. The second-order valence-electron chi connectivity index (χ2n) is 4.06. The van der Waals surface area contributed by atoms with Crippen LogP contribution in [0.2, 0.25) is 0 Å². The molecule has 0 atom stereocenters. The highest BCUT2D eigenvalue weighted by molar-refractivity contribution is 5.77. The fraction of sp³-hybridized carbons (Fsp3) is 0.909. The van der Waals surface area contributed by atoms with Gasteiger partial charge in [-0.3, -0.25) is 4.79 Å². The Morgan fingerprint density at radius 1 is 1.31 bits per heavy atom. The lowest BCUT2D eigenvalue weighted by Crippen LogP contribution is -2.21. The molecule has 0 aliphatic rings. The Morgan fingerprint density at radius 3 is 2.38 bits per heavy atom. The zero-order valence-corrected chi connectivity index (χ0v) is 9.35. The van der Waals surface area contributed by atoms with Crippen LogP contribution in [0.5, 0.6) is 0 Å². The van der Waals surface area contributed by atoms with Crippen LogP contribution in [-0.2, 0) is 9.53 Å². The van der Waals surface area contributed by atoms with Crippen molar-refractivity contribution in [3.8, 4) is 0 Å². The van der Waals surface area contributed by atoms with Crippen molar-refractivity contribution in [1.29, 1.82) is 0 Å². The normalized spacial score (nSPS) is 11.7. The van der Waals surface area contributed by atoms with Gasteiger partial charge in [0.15, 0.2) is 0 Å². The van der Waals surface area contributed by atoms with E-state index in [0.717, 1.165) is 25.7 Å². The lowest BCUT2D eigenvalue weighted by atomic mass is 9.99. The summed E-state index contributed by atoms with van der Waals surface area (Å²) in [6.45, 7) is 6.07. The van der Waals surface area contributed by atoms with Crippen molar-refractivity contribution >= 4 is 5.78 Å². The molecular formula is C11H22O2. The quantitative estimate of drug-likeness (QED) is 0.571. The fourth-order valence-electron chi connectivity index (χ4n) is 1.15. The maximum Gasteiger partial charge on any atom is 0.132 e. The summed E-state index contributed by atoms with van der Waals surface area (Å²) in [5.74, 6) is 0.371. The molecule has 0 saturated heterocycles. The first-order chi connectivity index (χ1) is 6.02. The van der Waals surface area contributed by atoms with Crippen molar-refractivity contribution in [2.75, 3.05) is 7.11 Å². The molecule has 0 aromatic heterocycles. The number of methoxy groups -OCH3 is 1. The number of ketones is 1. The molecule has 0 radical (unpaired) electrons. The number of unbranched alkanes of at least 4 members (excludes halogenated alkanes) is 1. The molecule has 0 saturated carbocycles. The Kier molecular flexibility index (Phi) is 5.97. The van der Waals surface area contributed by atoms with Crippen LogP contribution >= 0.6 is 0 Å². The first kappa shape index (κ1) is 12.6. The predicted molar refractivity (Wildman–Crippen MR) is 54.9 cm³/mol. The van der Waals surface area contributed by atoms with Gasteiger partial charge in [-0.1, -0.05) is 13.3 Å². The number of hydrogen-bond donors (Lipinski definition) is 0. The minimum Gasteiger partial charge on any atom is -0.379 e. The Labute approximate surface area is 81.7 Å². The topological polar surface area (TPSA) is 26.3 Å². The highest BCUT2D eigenvalue weighted by Crippen LogP contribution is 2.17. The van der Waals surface area contributed by atoms with Gasteiger partial charge in [-0.2, -0.15) is 0 Å². The van der Waals surface area contributed by atoms with Crippen LogP contribution in [0.1, 0.15) is 52.9 Å². The Bertz CT molecular complexity index is 150. The van der Waals surface area contributed by atoms with E-state index in [1.807, 2.05) is 6.92 Å². The highest BCUT2D eigenvalue weighted by atomic mass is 16.5. The summed E-state index contributed by atoms with van der Waals surface area (Å²) in [6, 6.07) is 0. The van der Waals surface area contributed by atoms with Crippen LogP contribution in [0.3, 0.4) is 0 Å². The second-order valence-corrected chi connectivity index (χ2v) is 4.06. The van der Waals surface area contributed by atoms with Crippen molar-refractivity contribution in [2.24, 2.45) is 0 Å². The van der Waals surface area contributed by atoms with Crippen LogP contribution in [-0.4, -0.2) is 18.5 Å². The third-order valence-corrected chi connectivity index (χ3v) is 2.43. The molecule has 2 heteroatoms. The van der Waals surface area contributed by atoms with E-state index in [1.165, 1.54) is 0 Å². The number of ether oxygens (including phenoxy) is 1. The predicted octanol–water partition coefficient (Wildman–Crippen LogP) is 2.95. The minimum absolute atomic E-state index is 0.0325. The summed E-state index contributed by atoms with van der Waals surface area (Å²) in [6.07, 6.45) is 4.51. The van der Waals surface area contributed by atoms with Crippen molar-refractivity contribution in [2.45, 2.75) is 58.5 Å². The average molecular weight is 186 g/mol. The van der Waals surface area contributed by atoms with E-state index in [1.54, 1.807) is 7.11 Å². The summed E-state index contributed by atoms with van der Waals surface area (Å²) in [5, 5.41) is 0. The molecule has 0 heterocycles. The Morgan fingerprint density at radius 2 is 1.92 bits per heavy atom. The van der Waals surface area contributed by atoms with Gasteiger partial charge in [0.2, 0.25) is 0 Å². The molecule has 0 aliphatic heterocycles. The molecule has 0 bridgehead atoms. The molecular weight excluding hydrogens is 164 g/mol. The average Bonchev–Trinajstić information content (AvgIpc) is 2.12. The van der Waals surface area contributed by atoms with E-state index in [9.17, 15) is 4.79 Å². The van der Waals surface area contributed by atoms with E-state index < -0.39 is 0 Å². The molecule has 0 fully saturated rings. The molecule has 0 aromatic rings. The molecule has 0 amide bonds. The molecule has 0 rings (SSSR count). The highest BCUT2D eigenvalue weighted by Gasteiger charge is 2.15. The molecule has 13 heavy (non-hydrogen) atoms. The van der Waals surface area contributed by atoms with Crippen LogP contribution in [0.15, 0.2) is 0 Å². The van der Waals surface area contributed by atoms with Gasteiger partial charge in [-0.15, -0.1) is 0 Å². The number of carbonyl (C=O) groups excluding carboxylic acids is 1. The van der Waals surface area contributed by atoms with Crippen LogP contribution in [0.25, 0.3) is 0 Å². The van der Waals surface area contributed by atoms with Gasteiger partial charge in [0, 0.05) is 20.0 Å². The summed E-state index contributed by atoms with van der Waals surface area (Å²) >= 11 is 0. The third kappa shape index (κ3) is 6.76. The van der Waals surface area contributed by atoms with Gasteiger partial charge >= 0.3 is 0 Å². The van der Waals surface area contributed by atoms with Crippen molar-refractivity contribution < 1.29 is 9.53 Å². The molecule has 0 aliphatic carbocycles. The lowest BCUT2D eigenvalue weighted by Gasteiger charge is -2.22. The molecule has 0 unspecified atom stereocenters. The van der Waals surface area contributed by atoms with Crippen molar-refractivity contribution in [3.05, 3.63) is 0 Å². The Balaban J connectivity index is 3.41. The van der Waals surface area contributed by atoms with Crippen LogP contribution in [0, 0.1) is 0 Å². The largest absolute Gasteiger partial charge is 0.379 e. The SMILES string of the molecule is CCC(=O)CCCCC(C)(C)OC. The standard InChI is InChI=1S/C11H22O2/c1-5-10(12)8-6-7-9-11(2,3)13-4/h5-9H2,1-4H3. The molecule has 78 valence electrons. The number of carbonyl (C=O) groups is 1. The summed E-state index contributed by atoms with van der Waals surface area (Å²) in [7, 11) is 1.73. The molecule has 2 nitrogen and oxygen atoms in total. The van der Waals surface area contributed by atoms with E-state index in [2.05, 4.69) is 13.8 Å². The van der Waals surface area contributed by atoms with Crippen molar-refractivity contribution in [3.63, 3.8) is 0 Å². The second kappa shape index (κ2) is 6.14. The van der Waals surface area contributed by atoms with E-state index in [0.29, 0.717) is 12.2 Å². The number of Topliss-reactive ketones (excluding diaryl/α,β-unsaturated/α-hetero) is 1. The van der Waals surface area contributed by atoms with Crippen LogP contribution in [0.4, 0.5) is 0 Å². The summed E-state index contributed by atoms with van der Waals surface area (Å²) in [5.41, 5.74) is -0.0325. The maximum atomic E-state index is 11.0. The van der Waals surface area contributed by atoms with Gasteiger partial charge in [0.25, 0.3) is 0 Å². The lowest BCUT2D eigenvalue weighted by molar-refractivity contribution is -0.118. The van der Waals surface area contributed by atoms with Gasteiger partial charge < -0.3 is 4.74 Å². The molecule has 0 N–H and O–H groups in total. The van der Waals surface area contributed by atoms with Gasteiger partial charge in [-0.05, 0) is 26.7 Å². The van der Waals surface area contributed by atoms with Gasteiger partial charge in [0.1, 0.15) is 5.78 Å². The molecule has 0 spiro atoms. The monoisotopic (exact) mass is 186 g/mol. The zero-order valence-electron chi connectivity index (χ0n) is 9.35. The van der Waals surface area contributed by atoms with Crippen molar-refractivity contribution in [1.82, 2.24) is 0 Å².